The SMILES string of the molecule is CC1=NN(c2ccccc2)C(=O)/C1=C\c1c(C)nn(-c2ccc(S(=O)(=O)O)cc2)c1O. The summed E-state index contributed by atoms with van der Waals surface area (Å²) < 4.78 is 32.8. The maximum atomic E-state index is 12.9. The van der Waals surface area contributed by atoms with E-state index in [1.807, 2.05) is 18.2 Å². The van der Waals surface area contributed by atoms with Gasteiger partial charge >= 0.3 is 0 Å². The molecule has 0 radical (unpaired) electrons. The van der Waals surface area contributed by atoms with Gasteiger partial charge in [-0.25, -0.2) is 4.68 Å². The molecule has 0 saturated carbocycles. The third-order valence-electron chi connectivity index (χ3n) is 4.81. The van der Waals surface area contributed by atoms with E-state index in [0.29, 0.717) is 33.9 Å². The van der Waals surface area contributed by atoms with Crippen LogP contribution in [0.4, 0.5) is 5.69 Å². The summed E-state index contributed by atoms with van der Waals surface area (Å²) >= 11 is 0. The maximum Gasteiger partial charge on any atom is 0.294 e. The van der Waals surface area contributed by atoms with Gasteiger partial charge in [0.05, 0.1) is 38.8 Å². The number of aromatic nitrogens is 2. The zero-order valence-corrected chi connectivity index (χ0v) is 17.4. The lowest BCUT2D eigenvalue weighted by Gasteiger charge is -2.11. The Kier molecular flexibility index (Phi) is 4.96. The van der Waals surface area contributed by atoms with Crippen molar-refractivity contribution in [2.24, 2.45) is 5.10 Å². The number of para-hydroxylation sites is 1. The lowest BCUT2D eigenvalue weighted by molar-refractivity contribution is -0.114. The molecular weight excluding hydrogens is 420 g/mol. The Hall–Kier alpha value is -3.76. The van der Waals surface area contributed by atoms with Gasteiger partial charge in [-0.05, 0) is 56.3 Å². The molecule has 0 bridgehead atoms. The van der Waals surface area contributed by atoms with Crippen molar-refractivity contribution in [1.82, 2.24) is 9.78 Å². The number of benzene rings is 2. The molecule has 1 aliphatic rings. The highest BCUT2D eigenvalue weighted by atomic mass is 32.2. The first-order valence-electron chi connectivity index (χ1n) is 9.20. The summed E-state index contributed by atoms with van der Waals surface area (Å²) in [7, 11) is -4.33. The third-order valence-corrected chi connectivity index (χ3v) is 5.68. The first-order chi connectivity index (χ1) is 14.7. The molecule has 2 N–H and O–H groups in total. The zero-order valence-electron chi connectivity index (χ0n) is 16.6. The van der Waals surface area contributed by atoms with Crippen LogP contribution in [-0.4, -0.2) is 39.5 Å². The molecule has 1 amide bonds. The number of aryl methyl sites for hydroxylation is 1. The average Bonchev–Trinajstić information content (AvgIpc) is 3.19. The fraction of sp³-hybridized carbons (Fsp3) is 0.0952. The largest absolute Gasteiger partial charge is 0.493 e. The molecule has 0 fully saturated rings. The van der Waals surface area contributed by atoms with Crippen molar-refractivity contribution in [2.75, 3.05) is 5.01 Å². The van der Waals surface area contributed by atoms with Crippen molar-refractivity contribution in [2.45, 2.75) is 18.7 Å². The predicted octanol–water partition coefficient (Wildman–Crippen LogP) is 2.94. The van der Waals surface area contributed by atoms with Crippen LogP contribution in [0, 0.1) is 6.92 Å². The Morgan fingerprint density at radius 3 is 2.23 bits per heavy atom. The van der Waals surface area contributed by atoms with E-state index in [9.17, 15) is 18.3 Å². The lowest BCUT2D eigenvalue weighted by Crippen LogP contribution is -2.21. The van der Waals surface area contributed by atoms with Crippen LogP contribution in [0.1, 0.15) is 18.2 Å². The van der Waals surface area contributed by atoms with E-state index in [0.717, 1.165) is 0 Å². The summed E-state index contributed by atoms with van der Waals surface area (Å²) in [6, 6.07) is 14.2. The van der Waals surface area contributed by atoms with Gasteiger partial charge in [0.25, 0.3) is 16.0 Å². The molecule has 0 atom stereocenters. The van der Waals surface area contributed by atoms with Crippen molar-refractivity contribution in [1.29, 1.82) is 0 Å². The molecule has 1 aromatic heterocycles. The lowest BCUT2D eigenvalue weighted by atomic mass is 10.1. The van der Waals surface area contributed by atoms with Crippen molar-refractivity contribution in [3.63, 3.8) is 0 Å². The van der Waals surface area contributed by atoms with Crippen LogP contribution in [-0.2, 0) is 14.9 Å². The fourth-order valence-electron chi connectivity index (χ4n) is 3.21. The normalized spacial score (nSPS) is 15.6. The van der Waals surface area contributed by atoms with Gasteiger partial charge in [0, 0.05) is 0 Å². The Labute approximate surface area is 178 Å². The minimum atomic E-state index is -4.33. The second-order valence-electron chi connectivity index (χ2n) is 6.90. The van der Waals surface area contributed by atoms with E-state index in [1.165, 1.54) is 40.0 Å². The number of rotatable bonds is 4. The number of carbonyl (C=O) groups excluding carboxylic acids is 1. The summed E-state index contributed by atoms with van der Waals surface area (Å²) in [4.78, 5) is 12.6. The molecule has 0 unspecified atom stereocenters. The number of hydrogen-bond acceptors (Lipinski definition) is 6. The van der Waals surface area contributed by atoms with E-state index >= 15 is 0 Å². The van der Waals surface area contributed by atoms with Gasteiger partial charge in [0.1, 0.15) is 0 Å². The van der Waals surface area contributed by atoms with Crippen molar-refractivity contribution < 1.29 is 22.9 Å². The van der Waals surface area contributed by atoms with Gasteiger partial charge < -0.3 is 5.11 Å². The second-order valence-corrected chi connectivity index (χ2v) is 8.32. The quantitative estimate of drug-likeness (QED) is 0.477. The molecule has 0 aliphatic carbocycles. The van der Waals surface area contributed by atoms with Crippen LogP contribution in [0.15, 0.2) is 70.2 Å². The summed E-state index contributed by atoms with van der Waals surface area (Å²) in [5.74, 6) is -0.545. The number of amides is 1. The number of anilines is 1. The molecule has 0 saturated heterocycles. The minimum Gasteiger partial charge on any atom is -0.493 e. The van der Waals surface area contributed by atoms with Crippen LogP contribution in [0.25, 0.3) is 11.8 Å². The highest BCUT2D eigenvalue weighted by Gasteiger charge is 2.29. The molecule has 0 spiro atoms. The topological polar surface area (TPSA) is 125 Å². The second kappa shape index (κ2) is 7.49. The first kappa shape index (κ1) is 20.5. The smallest absolute Gasteiger partial charge is 0.294 e. The van der Waals surface area contributed by atoms with Crippen LogP contribution in [0.2, 0.25) is 0 Å². The highest BCUT2D eigenvalue weighted by Crippen LogP contribution is 2.30. The summed E-state index contributed by atoms with van der Waals surface area (Å²) in [5.41, 5.74) is 2.63. The Bertz CT molecular complexity index is 1340. The molecule has 4 rings (SSSR count). The standard InChI is InChI=1S/C21H18N4O5S/c1-13-18(20(26)24(22-13)15-6-4-3-5-7-15)12-19-14(2)23-25(21(19)27)16-8-10-17(11-9-16)31(28,29)30/h3-12,27H,1-2H3,(H,28,29,30)/b18-12-. The number of hydrazone groups is 1. The highest BCUT2D eigenvalue weighted by molar-refractivity contribution is 7.85. The summed E-state index contributed by atoms with van der Waals surface area (Å²) in [6.07, 6.45) is 1.53. The van der Waals surface area contributed by atoms with E-state index < -0.39 is 10.1 Å². The van der Waals surface area contributed by atoms with Gasteiger partial charge in [0.2, 0.25) is 5.88 Å². The molecule has 2 aromatic carbocycles. The zero-order chi connectivity index (χ0) is 22.3. The number of aromatic hydroxyl groups is 1. The van der Waals surface area contributed by atoms with Crippen molar-refractivity contribution >= 4 is 33.5 Å². The fourth-order valence-corrected chi connectivity index (χ4v) is 3.69. The molecule has 31 heavy (non-hydrogen) atoms. The van der Waals surface area contributed by atoms with E-state index in [4.69, 9.17) is 4.55 Å². The van der Waals surface area contributed by atoms with Gasteiger partial charge in [-0.15, -0.1) is 0 Å². The van der Waals surface area contributed by atoms with E-state index in [-0.39, 0.29) is 16.7 Å². The van der Waals surface area contributed by atoms with Crippen LogP contribution in [0.5, 0.6) is 5.88 Å². The predicted molar refractivity (Wildman–Crippen MR) is 115 cm³/mol. The van der Waals surface area contributed by atoms with Crippen LogP contribution in [0.3, 0.4) is 0 Å². The van der Waals surface area contributed by atoms with Crippen molar-refractivity contribution in [3.05, 3.63) is 71.4 Å². The summed E-state index contributed by atoms with van der Waals surface area (Å²) in [5, 5.41) is 20.6. The van der Waals surface area contributed by atoms with Gasteiger partial charge in [-0.1, -0.05) is 18.2 Å². The van der Waals surface area contributed by atoms with Gasteiger partial charge in [-0.3, -0.25) is 9.35 Å². The molecule has 2 heterocycles. The molecule has 1 aliphatic heterocycles. The Balaban J connectivity index is 1.71. The third kappa shape index (κ3) is 3.74. The van der Waals surface area contributed by atoms with Crippen molar-refractivity contribution in [3.8, 4) is 11.6 Å². The average molecular weight is 438 g/mol. The van der Waals surface area contributed by atoms with E-state index in [2.05, 4.69) is 10.2 Å². The number of nitrogens with zero attached hydrogens (tertiary/aromatic N) is 4. The Morgan fingerprint density at radius 2 is 1.61 bits per heavy atom. The molecule has 158 valence electrons. The van der Waals surface area contributed by atoms with Crippen LogP contribution >= 0.6 is 0 Å². The number of carbonyl (C=O) groups is 1. The summed E-state index contributed by atoms with van der Waals surface area (Å²) in [6.45, 7) is 3.38. The Morgan fingerprint density at radius 1 is 0.968 bits per heavy atom. The molecule has 9 nitrogen and oxygen atoms in total. The van der Waals surface area contributed by atoms with Gasteiger partial charge in [-0.2, -0.15) is 23.6 Å². The molecule has 3 aromatic rings. The first-order valence-corrected chi connectivity index (χ1v) is 10.6. The monoisotopic (exact) mass is 438 g/mol. The number of hydrogen-bond donors (Lipinski definition) is 2. The van der Waals surface area contributed by atoms with E-state index in [1.54, 1.807) is 26.0 Å². The van der Waals surface area contributed by atoms with Crippen LogP contribution < -0.4 is 5.01 Å². The molecule has 10 heteroatoms. The molecular formula is C21H18N4O5S. The minimum absolute atomic E-state index is 0.219. The maximum absolute atomic E-state index is 12.9. The van der Waals surface area contributed by atoms with Gasteiger partial charge in [0.15, 0.2) is 0 Å².